The van der Waals surface area contributed by atoms with Crippen LogP contribution in [0.4, 0.5) is 17.5 Å². The number of nitrogens with one attached hydrogen (secondary N) is 1. The minimum atomic E-state index is -0.270. The average molecular weight is 871 g/mol. The van der Waals surface area contributed by atoms with E-state index in [0.717, 1.165) is 87.8 Å². The maximum absolute atomic E-state index is 13.2. The summed E-state index contributed by atoms with van der Waals surface area (Å²) in [4.78, 5) is 65.0. The van der Waals surface area contributed by atoms with Gasteiger partial charge in [0.15, 0.2) is 0 Å². The lowest BCUT2D eigenvalue weighted by molar-refractivity contribution is -0.125. The van der Waals surface area contributed by atoms with Crippen LogP contribution < -0.4 is 16.8 Å². The van der Waals surface area contributed by atoms with Crippen molar-refractivity contribution in [2.75, 3.05) is 43.0 Å². The molecule has 4 unspecified atom stereocenters. The fraction of sp³-hybridized carbons (Fsp3) is 0.312. The van der Waals surface area contributed by atoms with Crippen molar-refractivity contribution in [2.24, 2.45) is 13.0 Å². The zero-order valence-corrected chi connectivity index (χ0v) is 36.2. The highest BCUT2D eigenvalue weighted by Gasteiger charge is 2.37. The molecule has 17 nitrogen and oxygen atoms in total. The van der Waals surface area contributed by atoms with E-state index in [0.29, 0.717) is 55.7 Å². The van der Waals surface area contributed by atoms with Gasteiger partial charge >= 0.3 is 0 Å². The molecule has 0 spiro atoms. The van der Waals surface area contributed by atoms with Gasteiger partial charge in [-0.1, -0.05) is 31.4 Å². The van der Waals surface area contributed by atoms with Crippen molar-refractivity contribution in [3.05, 3.63) is 116 Å². The molecule has 6 aromatic heterocycles. The molecule has 5 N–H and O–H groups in total. The molecular formula is C48H50N14O3. The van der Waals surface area contributed by atoms with Crippen molar-refractivity contribution in [3.8, 4) is 22.3 Å². The lowest BCUT2D eigenvalue weighted by Crippen LogP contribution is -2.26. The van der Waals surface area contributed by atoms with Crippen LogP contribution in [0.25, 0.3) is 44.3 Å². The van der Waals surface area contributed by atoms with Crippen LogP contribution in [0.3, 0.4) is 0 Å². The van der Waals surface area contributed by atoms with Crippen molar-refractivity contribution in [2.45, 2.75) is 56.5 Å². The van der Waals surface area contributed by atoms with E-state index in [4.69, 9.17) is 21.5 Å². The zero-order chi connectivity index (χ0) is 44.9. The Bertz CT molecular complexity index is 3010. The van der Waals surface area contributed by atoms with Gasteiger partial charge in [-0.3, -0.25) is 19.1 Å². The highest BCUT2D eigenvalue weighted by atomic mass is 16.2. The first-order chi connectivity index (χ1) is 31.6. The summed E-state index contributed by atoms with van der Waals surface area (Å²) in [6.45, 7) is 10.4. The quantitative estimate of drug-likeness (QED) is 0.126. The number of nitrogens with two attached hydrogens (primary N) is 2. The Hall–Kier alpha value is -7.69. The maximum atomic E-state index is 13.2. The molecule has 3 aliphatic rings. The second-order valence-electron chi connectivity index (χ2n) is 17.3. The van der Waals surface area contributed by atoms with Crippen LogP contribution in [0.15, 0.2) is 99.0 Å². The molecule has 2 aliphatic heterocycles. The van der Waals surface area contributed by atoms with E-state index in [-0.39, 0.29) is 41.5 Å². The number of pyridine rings is 1. The molecule has 0 bridgehead atoms. The topological polar surface area (TPSA) is 214 Å². The van der Waals surface area contributed by atoms with Crippen LogP contribution in [0.1, 0.15) is 71.7 Å². The van der Waals surface area contributed by atoms with Gasteiger partial charge in [-0.05, 0) is 80.0 Å². The summed E-state index contributed by atoms with van der Waals surface area (Å²) < 4.78 is 6.49. The van der Waals surface area contributed by atoms with Gasteiger partial charge in [0.05, 0.1) is 23.0 Å². The van der Waals surface area contributed by atoms with Crippen molar-refractivity contribution >= 4 is 57.2 Å². The van der Waals surface area contributed by atoms with Gasteiger partial charge in [-0.15, -0.1) is 0 Å². The summed E-state index contributed by atoms with van der Waals surface area (Å²) in [7, 11) is 2.00. The minimum Gasteiger partial charge on any atom is -0.383 e. The number of anilines is 3. The van der Waals surface area contributed by atoms with Crippen LogP contribution in [0.5, 0.6) is 0 Å². The van der Waals surface area contributed by atoms with Crippen molar-refractivity contribution in [1.29, 1.82) is 0 Å². The van der Waals surface area contributed by atoms with Crippen molar-refractivity contribution in [1.82, 2.24) is 53.6 Å². The number of aryl methyl sites for hydroxylation is 1. The SMILES string of the molecule is C=CC(=O)N1CCC(c2c(-c3cnn(C4CCC(Cn5c(C6CCN(C(=O)C=C)C6)c(-c6ccc(C(=O)Nc7ccccn7)cc6)c6c(N)ncnc65)C4)c3)c3c(N)ncnc3n2C)C1. The predicted octanol–water partition coefficient (Wildman–Crippen LogP) is 6.10. The molecule has 0 radical (unpaired) electrons. The average Bonchev–Trinajstić information content (AvgIpc) is 4.20. The summed E-state index contributed by atoms with van der Waals surface area (Å²) >= 11 is 0. The molecule has 10 rings (SSSR count). The van der Waals surface area contributed by atoms with Crippen LogP contribution >= 0.6 is 0 Å². The number of aromatic nitrogens is 9. The smallest absolute Gasteiger partial charge is 0.256 e. The van der Waals surface area contributed by atoms with E-state index >= 15 is 0 Å². The number of carbonyl (C=O) groups is 3. The lowest BCUT2D eigenvalue weighted by atomic mass is 9.93. The molecule has 7 aromatic rings. The number of hydrogen-bond donors (Lipinski definition) is 3. The lowest BCUT2D eigenvalue weighted by Gasteiger charge is -2.21. The third-order valence-corrected chi connectivity index (χ3v) is 13.6. The summed E-state index contributed by atoms with van der Waals surface area (Å²) in [6, 6.07) is 13.0. The maximum Gasteiger partial charge on any atom is 0.256 e. The van der Waals surface area contributed by atoms with Gasteiger partial charge in [-0.2, -0.15) is 5.10 Å². The Morgan fingerprint density at radius 2 is 1.42 bits per heavy atom. The number of carbonyl (C=O) groups excluding carboxylic acids is 3. The summed E-state index contributed by atoms with van der Waals surface area (Å²) in [6.07, 6.45) is 15.7. The zero-order valence-electron chi connectivity index (χ0n) is 36.2. The molecule has 65 heavy (non-hydrogen) atoms. The molecule has 17 heteroatoms. The standard InChI is InChI=1S/C48H50N14O3/c1-4-36(63)59-18-15-31(23-59)42-39(40-44(49)52-26-54-46(40)58(42)3)33-21-56-62(25-33)34-14-9-28(20-34)22-61-43(32-16-19-60(24-32)37(64)5-2)38(41-45(50)53-27-55-47(41)61)29-10-12-30(13-11-29)48(65)57-35-8-6-7-17-51-35/h4-8,10-13,17,21,25-28,31-32,34H,1-2,9,14-16,18-20,22-24H2,3H3,(H2,49,52,54)(H2,50,53,55)(H,51,57,65). The number of fused-ring (bicyclic) bond motifs is 2. The van der Waals surface area contributed by atoms with E-state index in [2.05, 4.69) is 58.4 Å². The molecule has 330 valence electrons. The summed E-state index contributed by atoms with van der Waals surface area (Å²) in [5, 5.41) is 9.37. The first kappa shape index (κ1) is 41.3. The number of hydrogen-bond acceptors (Lipinski definition) is 11. The Morgan fingerprint density at radius 1 is 0.769 bits per heavy atom. The second-order valence-corrected chi connectivity index (χ2v) is 17.3. The molecule has 1 aliphatic carbocycles. The van der Waals surface area contributed by atoms with Gasteiger partial charge in [0.2, 0.25) is 11.8 Å². The van der Waals surface area contributed by atoms with E-state index in [1.54, 1.807) is 30.5 Å². The second kappa shape index (κ2) is 16.8. The molecule has 4 atom stereocenters. The molecule has 1 aromatic carbocycles. The van der Waals surface area contributed by atoms with Gasteiger partial charge < -0.3 is 35.7 Å². The van der Waals surface area contributed by atoms with E-state index in [1.165, 1.54) is 24.8 Å². The van der Waals surface area contributed by atoms with Crippen molar-refractivity contribution in [3.63, 3.8) is 0 Å². The monoisotopic (exact) mass is 870 g/mol. The first-order valence-corrected chi connectivity index (χ1v) is 22.0. The van der Waals surface area contributed by atoms with Gasteiger partial charge in [0.1, 0.15) is 41.4 Å². The number of likely N-dealkylation sites (tertiary alicyclic amines) is 2. The Morgan fingerprint density at radius 3 is 2.08 bits per heavy atom. The molecule has 2 saturated heterocycles. The van der Waals surface area contributed by atoms with Crippen LogP contribution in [0.2, 0.25) is 0 Å². The Labute approximate surface area is 374 Å². The molecular weight excluding hydrogens is 821 g/mol. The number of nitrogen functional groups attached to an aromatic ring is 2. The van der Waals surface area contributed by atoms with E-state index < -0.39 is 0 Å². The highest BCUT2D eigenvalue weighted by Crippen LogP contribution is 2.46. The van der Waals surface area contributed by atoms with Gasteiger partial charge in [0, 0.05) is 97.6 Å². The fourth-order valence-electron chi connectivity index (χ4n) is 10.6. The number of nitrogens with zero attached hydrogens (tertiary/aromatic N) is 11. The summed E-state index contributed by atoms with van der Waals surface area (Å²) in [5.74, 6) is 1.09. The number of benzene rings is 1. The molecule has 3 fully saturated rings. The normalized spacial score (nSPS) is 19.6. The van der Waals surface area contributed by atoms with Gasteiger partial charge in [-0.25, -0.2) is 24.9 Å². The van der Waals surface area contributed by atoms with Gasteiger partial charge in [0.25, 0.3) is 5.91 Å². The van der Waals surface area contributed by atoms with Crippen LogP contribution in [-0.2, 0) is 23.2 Å². The first-order valence-electron chi connectivity index (χ1n) is 22.0. The summed E-state index contributed by atoms with van der Waals surface area (Å²) in [5.41, 5.74) is 21.1. The van der Waals surface area contributed by atoms with E-state index in [9.17, 15) is 14.4 Å². The van der Waals surface area contributed by atoms with Crippen LogP contribution in [-0.4, -0.2) is 97.5 Å². The van der Waals surface area contributed by atoms with E-state index in [1.807, 2.05) is 41.2 Å². The molecule has 1 saturated carbocycles. The largest absolute Gasteiger partial charge is 0.383 e. The van der Waals surface area contributed by atoms with Crippen molar-refractivity contribution < 1.29 is 14.4 Å². The molecule has 8 heterocycles. The third-order valence-electron chi connectivity index (χ3n) is 13.6. The third kappa shape index (κ3) is 7.35. The predicted molar refractivity (Wildman–Crippen MR) is 248 cm³/mol. The van der Waals surface area contributed by atoms with Crippen LogP contribution in [0, 0.1) is 5.92 Å². The highest BCUT2D eigenvalue weighted by molar-refractivity contribution is 6.06. The Balaban J connectivity index is 0.974. The minimum absolute atomic E-state index is 0.0198. The Kier molecular flexibility index (Phi) is 10.7. The molecule has 3 amide bonds. The number of rotatable bonds is 11. The fourth-order valence-corrected chi connectivity index (χ4v) is 10.6. The number of amides is 3.